The Kier molecular flexibility index (Phi) is 4.67. The van der Waals surface area contributed by atoms with E-state index >= 15 is 0 Å². The molecule has 2 heterocycles. The quantitative estimate of drug-likeness (QED) is 0.779. The normalized spacial score (nSPS) is 19.1. The number of urea groups is 1. The van der Waals surface area contributed by atoms with Crippen LogP contribution in [0.3, 0.4) is 0 Å². The van der Waals surface area contributed by atoms with Crippen LogP contribution in [0, 0.1) is 0 Å². The van der Waals surface area contributed by atoms with Crippen LogP contribution in [-0.4, -0.2) is 47.3 Å². The Balaban J connectivity index is 1.53. The lowest BCUT2D eigenvalue weighted by atomic mass is 10.1. The van der Waals surface area contributed by atoms with E-state index in [2.05, 4.69) is 10.6 Å². The van der Waals surface area contributed by atoms with E-state index in [0.717, 1.165) is 17.0 Å². The summed E-state index contributed by atoms with van der Waals surface area (Å²) in [5.41, 5.74) is 0.478. The molecule has 1 aromatic rings. The highest BCUT2D eigenvalue weighted by atomic mass is 16.2. The number of carbonyl (C=O) groups excluding carboxylic acids is 4. The third-order valence-electron chi connectivity index (χ3n) is 4.54. The maximum Gasteiger partial charge on any atom is 0.325 e. The van der Waals surface area contributed by atoms with Crippen LogP contribution in [0.2, 0.25) is 0 Å². The van der Waals surface area contributed by atoms with E-state index in [9.17, 15) is 19.2 Å². The van der Waals surface area contributed by atoms with Gasteiger partial charge in [-0.15, -0.1) is 0 Å². The van der Waals surface area contributed by atoms with E-state index in [1.807, 2.05) is 0 Å². The molecule has 2 aliphatic heterocycles. The third kappa shape index (κ3) is 3.54. The average Bonchev–Trinajstić information content (AvgIpc) is 3.08. The number of imide groups is 1. The molecule has 2 aliphatic rings. The van der Waals surface area contributed by atoms with Crippen LogP contribution in [0.5, 0.6) is 0 Å². The molecule has 26 heavy (non-hydrogen) atoms. The van der Waals surface area contributed by atoms with Gasteiger partial charge in [0.05, 0.1) is 0 Å². The van der Waals surface area contributed by atoms with Crippen LogP contribution >= 0.6 is 0 Å². The second-order valence-electron chi connectivity index (χ2n) is 7.01. The molecular weight excluding hydrogens is 336 g/mol. The highest BCUT2D eigenvalue weighted by Crippen LogP contribution is 2.23. The number of nitrogens with zero attached hydrogens (tertiary/aromatic N) is 2. The van der Waals surface area contributed by atoms with Gasteiger partial charge in [0, 0.05) is 37.3 Å². The molecule has 2 fully saturated rings. The highest BCUT2D eigenvalue weighted by molar-refractivity contribution is 6.06. The molecule has 2 saturated heterocycles. The van der Waals surface area contributed by atoms with Gasteiger partial charge < -0.3 is 15.5 Å². The zero-order chi connectivity index (χ0) is 18.9. The minimum absolute atomic E-state index is 0.0155. The molecule has 0 radical (unpaired) electrons. The number of rotatable bonds is 5. The highest BCUT2D eigenvalue weighted by Gasteiger charge is 2.43. The first kappa shape index (κ1) is 17.9. The van der Waals surface area contributed by atoms with Crippen LogP contribution in [-0.2, 0) is 14.4 Å². The zero-order valence-electron chi connectivity index (χ0n) is 14.9. The summed E-state index contributed by atoms with van der Waals surface area (Å²) in [6.45, 7) is 3.99. The third-order valence-corrected chi connectivity index (χ3v) is 4.54. The van der Waals surface area contributed by atoms with Gasteiger partial charge >= 0.3 is 6.03 Å². The number of hydrogen-bond acceptors (Lipinski definition) is 4. The Morgan fingerprint density at radius 1 is 1.19 bits per heavy atom. The fourth-order valence-electron chi connectivity index (χ4n) is 3.10. The van der Waals surface area contributed by atoms with Crippen LogP contribution in [0.1, 0.15) is 33.1 Å². The molecule has 0 bridgehead atoms. The molecule has 3 rings (SSSR count). The first-order chi connectivity index (χ1) is 12.3. The van der Waals surface area contributed by atoms with Gasteiger partial charge in [-0.1, -0.05) is 0 Å². The van der Waals surface area contributed by atoms with Crippen molar-refractivity contribution in [1.82, 2.24) is 10.2 Å². The standard InChI is InChI=1S/C18H22N4O4/c1-18(2)16(25)22(17(26)20-18)11-9-14(23)19-12-5-7-13(8-6-12)21-10-3-4-15(21)24/h5-8H,3-4,9-11H2,1-2H3,(H,19,23)(H,20,26). The lowest BCUT2D eigenvalue weighted by Crippen LogP contribution is -2.40. The van der Waals surface area contributed by atoms with Crippen molar-refractivity contribution >= 4 is 35.1 Å². The number of carbonyl (C=O) groups is 4. The molecule has 0 unspecified atom stereocenters. The SMILES string of the molecule is CC1(C)NC(=O)N(CCC(=O)Nc2ccc(N3CCCC3=O)cc2)C1=O. The topological polar surface area (TPSA) is 98.8 Å². The van der Waals surface area contributed by atoms with Crippen LogP contribution in [0.15, 0.2) is 24.3 Å². The molecule has 5 amide bonds. The van der Waals surface area contributed by atoms with Gasteiger partial charge in [0.2, 0.25) is 11.8 Å². The van der Waals surface area contributed by atoms with Gasteiger partial charge in [-0.2, -0.15) is 0 Å². The fourth-order valence-corrected chi connectivity index (χ4v) is 3.10. The summed E-state index contributed by atoms with van der Waals surface area (Å²) in [6, 6.07) is 6.57. The van der Waals surface area contributed by atoms with E-state index in [4.69, 9.17) is 0 Å². The number of benzene rings is 1. The number of nitrogens with one attached hydrogen (secondary N) is 2. The molecule has 2 N–H and O–H groups in total. The van der Waals surface area contributed by atoms with Gasteiger partial charge in [0.1, 0.15) is 5.54 Å². The first-order valence-corrected chi connectivity index (χ1v) is 8.62. The van der Waals surface area contributed by atoms with Gasteiger partial charge in [-0.05, 0) is 44.5 Å². The number of hydrogen-bond donors (Lipinski definition) is 2. The van der Waals surface area contributed by atoms with Crippen molar-refractivity contribution in [2.45, 2.75) is 38.6 Å². The molecular formula is C18H22N4O4. The van der Waals surface area contributed by atoms with Crippen molar-refractivity contribution in [2.75, 3.05) is 23.3 Å². The summed E-state index contributed by atoms with van der Waals surface area (Å²) in [4.78, 5) is 50.5. The van der Waals surface area contributed by atoms with E-state index in [0.29, 0.717) is 18.7 Å². The molecule has 0 aromatic heterocycles. The maximum absolute atomic E-state index is 12.1. The molecule has 1 aromatic carbocycles. The van der Waals surface area contributed by atoms with E-state index in [1.165, 1.54) is 0 Å². The second kappa shape index (κ2) is 6.78. The van der Waals surface area contributed by atoms with Crippen molar-refractivity contribution in [3.05, 3.63) is 24.3 Å². The summed E-state index contributed by atoms with van der Waals surface area (Å²) >= 11 is 0. The van der Waals surface area contributed by atoms with Gasteiger partial charge in [-0.3, -0.25) is 19.3 Å². The zero-order valence-corrected chi connectivity index (χ0v) is 14.9. The molecule has 0 saturated carbocycles. The first-order valence-electron chi connectivity index (χ1n) is 8.62. The van der Waals surface area contributed by atoms with E-state index < -0.39 is 11.6 Å². The lowest BCUT2D eigenvalue weighted by Gasteiger charge is -2.17. The second-order valence-corrected chi connectivity index (χ2v) is 7.01. The Morgan fingerprint density at radius 2 is 1.88 bits per heavy atom. The summed E-state index contributed by atoms with van der Waals surface area (Å²) < 4.78 is 0. The Hall–Kier alpha value is -2.90. The van der Waals surface area contributed by atoms with Crippen molar-refractivity contribution in [2.24, 2.45) is 0 Å². The minimum atomic E-state index is -0.934. The average molecular weight is 358 g/mol. The van der Waals surface area contributed by atoms with Crippen LogP contribution < -0.4 is 15.5 Å². The Labute approximate surface area is 151 Å². The Bertz CT molecular complexity index is 757. The monoisotopic (exact) mass is 358 g/mol. The smallest absolute Gasteiger partial charge is 0.325 e. The number of anilines is 2. The summed E-state index contributed by atoms with van der Waals surface area (Å²) in [5, 5.41) is 5.31. The van der Waals surface area contributed by atoms with E-state index in [1.54, 1.807) is 43.0 Å². The Morgan fingerprint density at radius 3 is 2.42 bits per heavy atom. The van der Waals surface area contributed by atoms with Crippen LogP contribution in [0.25, 0.3) is 0 Å². The molecule has 138 valence electrons. The van der Waals surface area contributed by atoms with Crippen molar-refractivity contribution in [3.8, 4) is 0 Å². The van der Waals surface area contributed by atoms with Crippen molar-refractivity contribution in [1.29, 1.82) is 0 Å². The molecule has 8 heteroatoms. The fraction of sp³-hybridized carbons (Fsp3) is 0.444. The molecule has 0 atom stereocenters. The minimum Gasteiger partial charge on any atom is -0.326 e. The predicted octanol–water partition coefficient (Wildman–Crippen LogP) is 1.47. The lowest BCUT2D eigenvalue weighted by molar-refractivity contribution is -0.130. The van der Waals surface area contributed by atoms with Crippen molar-refractivity contribution < 1.29 is 19.2 Å². The molecule has 0 spiro atoms. The summed E-state index contributed by atoms with van der Waals surface area (Å²) in [7, 11) is 0. The maximum atomic E-state index is 12.1. The van der Waals surface area contributed by atoms with E-state index in [-0.39, 0.29) is 30.7 Å². The summed E-state index contributed by atoms with van der Waals surface area (Å²) in [6.07, 6.45) is 1.44. The van der Waals surface area contributed by atoms with Crippen LogP contribution in [0.4, 0.5) is 16.2 Å². The predicted molar refractivity (Wildman–Crippen MR) is 95.6 cm³/mol. The van der Waals surface area contributed by atoms with Gasteiger partial charge in [0.25, 0.3) is 5.91 Å². The number of amides is 5. The summed E-state index contributed by atoms with van der Waals surface area (Å²) in [5.74, 6) is -0.520. The van der Waals surface area contributed by atoms with Gasteiger partial charge in [-0.25, -0.2) is 4.79 Å². The molecule has 0 aliphatic carbocycles. The molecule has 8 nitrogen and oxygen atoms in total. The van der Waals surface area contributed by atoms with Gasteiger partial charge in [0.15, 0.2) is 0 Å². The van der Waals surface area contributed by atoms with Crippen molar-refractivity contribution in [3.63, 3.8) is 0 Å². The largest absolute Gasteiger partial charge is 0.326 e.